The third-order valence-corrected chi connectivity index (χ3v) is 6.05. The van der Waals surface area contributed by atoms with Gasteiger partial charge in [-0.1, -0.05) is 30.1 Å². The SMILES string of the molecule is CCCOc1ccc(N(CC(=O)OC)S(=O)(=O)c2cc(Cl)ccc2Cl)cc1. The summed E-state index contributed by atoms with van der Waals surface area (Å²) in [7, 11) is -2.99. The largest absolute Gasteiger partial charge is 0.494 e. The molecule has 0 radical (unpaired) electrons. The molecule has 0 atom stereocenters. The maximum Gasteiger partial charge on any atom is 0.326 e. The molecule has 2 aromatic carbocycles. The van der Waals surface area contributed by atoms with Crippen LogP contribution in [0.1, 0.15) is 13.3 Å². The predicted molar refractivity (Wildman–Crippen MR) is 105 cm³/mol. The Morgan fingerprint density at radius 3 is 2.37 bits per heavy atom. The molecule has 2 rings (SSSR count). The number of halogens is 2. The van der Waals surface area contributed by atoms with Gasteiger partial charge in [0.15, 0.2) is 0 Å². The average Bonchev–Trinajstić information content (AvgIpc) is 2.66. The maximum atomic E-state index is 13.2. The molecule has 0 amide bonds. The van der Waals surface area contributed by atoms with Gasteiger partial charge in [-0.3, -0.25) is 9.10 Å². The van der Waals surface area contributed by atoms with E-state index in [-0.39, 0.29) is 20.6 Å². The fraction of sp³-hybridized carbons (Fsp3) is 0.278. The molecule has 2 aromatic rings. The monoisotopic (exact) mass is 431 g/mol. The van der Waals surface area contributed by atoms with Gasteiger partial charge in [0.25, 0.3) is 10.0 Å². The molecule has 146 valence electrons. The van der Waals surface area contributed by atoms with Crippen LogP contribution in [0.3, 0.4) is 0 Å². The van der Waals surface area contributed by atoms with Crippen LogP contribution >= 0.6 is 23.2 Å². The van der Waals surface area contributed by atoms with Crippen LogP contribution in [0.15, 0.2) is 47.4 Å². The van der Waals surface area contributed by atoms with Gasteiger partial charge in [0, 0.05) is 5.02 Å². The summed E-state index contributed by atoms with van der Waals surface area (Å²) in [5.41, 5.74) is 0.264. The van der Waals surface area contributed by atoms with Gasteiger partial charge in [-0.2, -0.15) is 0 Å². The lowest BCUT2D eigenvalue weighted by Gasteiger charge is -2.24. The molecule has 27 heavy (non-hydrogen) atoms. The van der Waals surface area contributed by atoms with Crippen molar-refractivity contribution in [3.63, 3.8) is 0 Å². The van der Waals surface area contributed by atoms with Gasteiger partial charge in [0.05, 0.1) is 24.4 Å². The Hall–Kier alpha value is -1.96. The first-order valence-electron chi connectivity index (χ1n) is 8.07. The Balaban J connectivity index is 2.47. The molecule has 6 nitrogen and oxygen atoms in total. The summed E-state index contributed by atoms with van der Waals surface area (Å²) in [6, 6.07) is 10.5. The third kappa shape index (κ3) is 5.28. The summed E-state index contributed by atoms with van der Waals surface area (Å²) in [4.78, 5) is 11.6. The molecule has 0 saturated carbocycles. The number of sulfonamides is 1. The topological polar surface area (TPSA) is 72.9 Å². The van der Waals surface area contributed by atoms with E-state index in [1.165, 1.54) is 25.3 Å². The van der Waals surface area contributed by atoms with Crippen LogP contribution in [0.5, 0.6) is 5.75 Å². The van der Waals surface area contributed by atoms with E-state index in [1.807, 2.05) is 6.92 Å². The van der Waals surface area contributed by atoms with Crippen molar-refractivity contribution in [3.05, 3.63) is 52.5 Å². The summed E-state index contributed by atoms with van der Waals surface area (Å²) in [5.74, 6) is -0.125. The van der Waals surface area contributed by atoms with E-state index in [0.29, 0.717) is 12.4 Å². The van der Waals surface area contributed by atoms with Crippen LogP contribution in [0, 0.1) is 0 Å². The summed E-state index contributed by atoms with van der Waals surface area (Å²) >= 11 is 12.0. The van der Waals surface area contributed by atoms with Crippen molar-refractivity contribution in [1.29, 1.82) is 0 Å². The normalized spacial score (nSPS) is 11.1. The summed E-state index contributed by atoms with van der Waals surface area (Å²) in [6.07, 6.45) is 0.845. The van der Waals surface area contributed by atoms with Crippen LogP contribution in [0.2, 0.25) is 10.0 Å². The third-order valence-electron chi connectivity index (χ3n) is 3.56. The Kier molecular flexibility index (Phi) is 7.35. The standard InChI is InChI=1S/C18H19Cl2NO5S/c1-3-10-26-15-7-5-14(6-8-15)21(12-18(22)25-2)27(23,24)17-11-13(19)4-9-16(17)20/h4-9,11H,3,10,12H2,1-2H3. The smallest absolute Gasteiger partial charge is 0.326 e. The predicted octanol–water partition coefficient (Wildman–Crippen LogP) is 4.15. The highest BCUT2D eigenvalue weighted by molar-refractivity contribution is 7.93. The molecule has 0 aliphatic heterocycles. The van der Waals surface area contributed by atoms with E-state index in [0.717, 1.165) is 10.7 Å². The summed E-state index contributed by atoms with van der Waals surface area (Å²) < 4.78 is 37.4. The molecule has 0 heterocycles. The molecule has 0 bridgehead atoms. The zero-order valence-electron chi connectivity index (χ0n) is 14.8. The highest BCUT2D eigenvalue weighted by Crippen LogP contribution is 2.31. The van der Waals surface area contributed by atoms with Gasteiger partial charge in [-0.25, -0.2) is 8.42 Å². The van der Waals surface area contributed by atoms with E-state index in [1.54, 1.807) is 24.3 Å². The Morgan fingerprint density at radius 1 is 1.11 bits per heavy atom. The second-order valence-electron chi connectivity index (χ2n) is 5.50. The fourth-order valence-electron chi connectivity index (χ4n) is 2.22. The van der Waals surface area contributed by atoms with Crippen LogP contribution in [0.25, 0.3) is 0 Å². The van der Waals surface area contributed by atoms with Crippen LogP contribution in [-0.2, 0) is 19.6 Å². The molecule has 0 aliphatic rings. The van der Waals surface area contributed by atoms with E-state index in [4.69, 9.17) is 27.9 Å². The zero-order valence-corrected chi connectivity index (χ0v) is 17.1. The van der Waals surface area contributed by atoms with Gasteiger partial charge < -0.3 is 9.47 Å². The molecule has 0 aromatic heterocycles. The number of rotatable bonds is 8. The number of anilines is 1. The molecule has 0 N–H and O–H groups in total. The molecule has 0 saturated heterocycles. The second kappa shape index (κ2) is 9.30. The number of ether oxygens (including phenoxy) is 2. The maximum absolute atomic E-state index is 13.2. The lowest BCUT2D eigenvalue weighted by atomic mass is 10.3. The lowest BCUT2D eigenvalue weighted by molar-refractivity contribution is -0.138. The lowest BCUT2D eigenvalue weighted by Crippen LogP contribution is -2.36. The van der Waals surface area contributed by atoms with E-state index in [2.05, 4.69) is 4.74 Å². The Bertz CT molecular complexity index is 900. The first kappa shape index (κ1) is 21.3. The van der Waals surface area contributed by atoms with Gasteiger partial charge in [0.1, 0.15) is 17.2 Å². The van der Waals surface area contributed by atoms with Crippen molar-refractivity contribution in [2.45, 2.75) is 18.2 Å². The molecular formula is C18H19Cl2NO5S. The number of hydrogen-bond donors (Lipinski definition) is 0. The highest BCUT2D eigenvalue weighted by Gasteiger charge is 2.29. The molecule has 0 fully saturated rings. The van der Waals surface area contributed by atoms with Crippen molar-refractivity contribution in [1.82, 2.24) is 0 Å². The number of hydrogen-bond acceptors (Lipinski definition) is 5. The second-order valence-corrected chi connectivity index (χ2v) is 8.18. The quantitative estimate of drug-likeness (QED) is 0.586. The van der Waals surface area contributed by atoms with Gasteiger partial charge >= 0.3 is 5.97 Å². The summed E-state index contributed by atoms with van der Waals surface area (Å²) in [6.45, 7) is 2.01. The van der Waals surface area contributed by atoms with Crippen molar-refractivity contribution >= 4 is 44.9 Å². The number of esters is 1. The van der Waals surface area contributed by atoms with Gasteiger partial charge in [-0.15, -0.1) is 0 Å². The first-order valence-corrected chi connectivity index (χ1v) is 10.3. The number of carbonyl (C=O) groups excluding carboxylic acids is 1. The zero-order chi connectivity index (χ0) is 20.0. The number of carbonyl (C=O) groups is 1. The van der Waals surface area contributed by atoms with Crippen molar-refractivity contribution < 1.29 is 22.7 Å². The van der Waals surface area contributed by atoms with E-state index >= 15 is 0 Å². The fourth-order valence-corrected chi connectivity index (χ4v) is 4.37. The van der Waals surface area contributed by atoms with Crippen LogP contribution in [-0.4, -0.2) is 34.6 Å². The van der Waals surface area contributed by atoms with Crippen LogP contribution in [0.4, 0.5) is 5.69 Å². The Labute approximate surface area is 168 Å². The van der Waals surface area contributed by atoms with Crippen molar-refractivity contribution in [2.24, 2.45) is 0 Å². The minimum Gasteiger partial charge on any atom is -0.494 e. The minimum absolute atomic E-state index is 0.00262. The molecule has 0 spiro atoms. The van der Waals surface area contributed by atoms with Crippen molar-refractivity contribution in [2.75, 3.05) is 24.6 Å². The van der Waals surface area contributed by atoms with E-state index in [9.17, 15) is 13.2 Å². The average molecular weight is 432 g/mol. The number of benzene rings is 2. The van der Waals surface area contributed by atoms with Gasteiger partial charge in [-0.05, 0) is 48.9 Å². The summed E-state index contributed by atoms with van der Waals surface area (Å²) in [5, 5.41) is 0.205. The first-order chi connectivity index (χ1) is 12.8. The van der Waals surface area contributed by atoms with Gasteiger partial charge in [0.2, 0.25) is 0 Å². The number of methoxy groups -OCH3 is 1. The Morgan fingerprint density at radius 2 is 1.78 bits per heavy atom. The van der Waals surface area contributed by atoms with E-state index < -0.39 is 22.5 Å². The number of nitrogens with zero attached hydrogens (tertiary/aromatic N) is 1. The molecule has 0 aliphatic carbocycles. The molecular weight excluding hydrogens is 413 g/mol. The highest BCUT2D eigenvalue weighted by atomic mass is 35.5. The molecule has 9 heteroatoms. The van der Waals surface area contributed by atoms with Crippen molar-refractivity contribution in [3.8, 4) is 5.75 Å². The van der Waals surface area contributed by atoms with Crippen LogP contribution < -0.4 is 9.04 Å². The minimum atomic E-state index is -4.17. The molecule has 0 unspecified atom stereocenters.